The average molecular weight is 248 g/mol. The minimum Gasteiger partial charge on any atom is -0.469 e. The van der Waals surface area contributed by atoms with Crippen molar-refractivity contribution in [2.45, 2.75) is 25.9 Å². The van der Waals surface area contributed by atoms with Crippen LogP contribution in [0.15, 0.2) is 24.3 Å². The molecule has 0 amide bonds. The molecule has 2 atom stereocenters. The Balaban J connectivity index is 2.40. The summed E-state index contributed by atoms with van der Waals surface area (Å²) >= 11 is 0. The molecule has 96 valence electrons. The fourth-order valence-electron chi connectivity index (χ4n) is 2.31. The van der Waals surface area contributed by atoms with Crippen LogP contribution in [0.1, 0.15) is 24.5 Å². The summed E-state index contributed by atoms with van der Waals surface area (Å²) in [4.78, 5) is 23.3. The van der Waals surface area contributed by atoms with E-state index in [4.69, 9.17) is 9.47 Å². The van der Waals surface area contributed by atoms with Gasteiger partial charge in [-0.05, 0) is 19.4 Å². The van der Waals surface area contributed by atoms with Crippen molar-refractivity contribution in [2.75, 3.05) is 7.11 Å². The molecule has 1 aliphatic heterocycles. The van der Waals surface area contributed by atoms with E-state index in [0.29, 0.717) is 0 Å². The highest BCUT2D eigenvalue weighted by Gasteiger charge is 2.51. The standard InChI is InChI=1S/C14H16O4/c1-9-4-6-10(7-5-9)14(2)11(13(16)17-3)8-12(15)18-14/h4-7,11H,8H2,1-3H3/t11?,14-/m1/s1. The van der Waals surface area contributed by atoms with Crippen LogP contribution < -0.4 is 0 Å². The van der Waals surface area contributed by atoms with Crippen molar-refractivity contribution in [2.24, 2.45) is 5.92 Å². The third kappa shape index (κ3) is 1.98. The summed E-state index contributed by atoms with van der Waals surface area (Å²) in [5.74, 6) is -1.37. The molecule has 1 saturated heterocycles. The summed E-state index contributed by atoms with van der Waals surface area (Å²) in [6.07, 6.45) is 0.0665. The first-order valence-electron chi connectivity index (χ1n) is 5.84. The van der Waals surface area contributed by atoms with E-state index in [0.717, 1.165) is 11.1 Å². The Bertz CT molecular complexity index is 477. The van der Waals surface area contributed by atoms with Crippen molar-refractivity contribution in [3.63, 3.8) is 0 Å². The molecular formula is C14H16O4. The van der Waals surface area contributed by atoms with E-state index < -0.39 is 17.5 Å². The van der Waals surface area contributed by atoms with E-state index in [1.165, 1.54) is 7.11 Å². The summed E-state index contributed by atoms with van der Waals surface area (Å²) in [6, 6.07) is 7.62. The SMILES string of the molecule is COC(=O)C1CC(=O)O[C@]1(C)c1ccc(C)cc1. The van der Waals surface area contributed by atoms with E-state index in [9.17, 15) is 9.59 Å². The van der Waals surface area contributed by atoms with Gasteiger partial charge in [0.2, 0.25) is 0 Å². The number of carbonyl (C=O) groups is 2. The number of hydrogen-bond donors (Lipinski definition) is 0. The van der Waals surface area contributed by atoms with Crippen LogP contribution in [-0.2, 0) is 24.7 Å². The lowest BCUT2D eigenvalue weighted by atomic mass is 9.82. The van der Waals surface area contributed by atoms with Crippen molar-refractivity contribution in [3.05, 3.63) is 35.4 Å². The predicted octanol–water partition coefficient (Wildman–Crippen LogP) is 1.95. The first kappa shape index (κ1) is 12.6. The molecule has 0 N–H and O–H groups in total. The molecule has 1 heterocycles. The van der Waals surface area contributed by atoms with Crippen molar-refractivity contribution >= 4 is 11.9 Å². The van der Waals surface area contributed by atoms with Gasteiger partial charge in [0.05, 0.1) is 13.5 Å². The number of benzene rings is 1. The highest BCUT2D eigenvalue weighted by molar-refractivity contribution is 5.84. The average Bonchev–Trinajstić information content (AvgIpc) is 2.65. The molecule has 0 bridgehead atoms. The van der Waals surface area contributed by atoms with Crippen molar-refractivity contribution in [1.82, 2.24) is 0 Å². The third-order valence-corrected chi connectivity index (χ3v) is 3.47. The Morgan fingerprint density at radius 3 is 2.56 bits per heavy atom. The zero-order valence-electron chi connectivity index (χ0n) is 10.7. The van der Waals surface area contributed by atoms with Gasteiger partial charge in [0.1, 0.15) is 11.5 Å². The molecule has 0 spiro atoms. The molecule has 4 heteroatoms. The van der Waals surface area contributed by atoms with Crippen molar-refractivity contribution in [1.29, 1.82) is 0 Å². The van der Waals surface area contributed by atoms with Gasteiger partial charge in [0, 0.05) is 0 Å². The molecule has 1 aromatic carbocycles. The maximum absolute atomic E-state index is 11.8. The van der Waals surface area contributed by atoms with Crippen LogP contribution in [0.2, 0.25) is 0 Å². The van der Waals surface area contributed by atoms with Crippen LogP contribution in [0.3, 0.4) is 0 Å². The predicted molar refractivity (Wildman–Crippen MR) is 64.7 cm³/mol. The number of ether oxygens (including phenoxy) is 2. The topological polar surface area (TPSA) is 52.6 Å². The zero-order chi connectivity index (χ0) is 13.3. The minimum atomic E-state index is -0.933. The monoisotopic (exact) mass is 248 g/mol. The van der Waals surface area contributed by atoms with Crippen LogP contribution in [0, 0.1) is 12.8 Å². The summed E-state index contributed by atoms with van der Waals surface area (Å²) in [6.45, 7) is 3.73. The normalized spacial score (nSPS) is 26.8. The molecule has 0 radical (unpaired) electrons. The largest absolute Gasteiger partial charge is 0.469 e. The molecule has 0 aliphatic carbocycles. The van der Waals surface area contributed by atoms with Gasteiger partial charge in [-0.3, -0.25) is 9.59 Å². The summed E-state index contributed by atoms with van der Waals surface area (Å²) in [5, 5.41) is 0. The summed E-state index contributed by atoms with van der Waals surface area (Å²) < 4.78 is 10.1. The van der Waals surface area contributed by atoms with Gasteiger partial charge >= 0.3 is 11.9 Å². The van der Waals surface area contributed by atoms with E-state index in [1.54, 1.807) is 6.92 Å². The van der Waals surface area contributed by atoms with Crippen LogP contribution in [0.25, 0.3) is 0 Å². The highest BCUT2D eigenvalue weighted by atomic mass is 16.6. The van der Waals surface area contributed by atoms with E-state index in [2.05, 4.69) is 0 Å². The molecule has 2 rings (SSSR count). The molecule has 0 saturated carbocycles. The first-order valence-corrected chi connectivity index (χ1v) is 5.84. The van der Waals surface area contributed by atoms with Gasteiger partial charge in [-0.15, -0.1) is 0 Å². The van der Waals surface area contributed by atoms with Gasteiger partial charge in [-0.1, -0.05) is 29.8 Å². The van der Waals surface area contributed by atoms with Crippen LogP contribution in [0.5, 0.6) is 0 Å². The van der Waals surface area contributed by atoms with Gasteiger partial charge in [-0.2, -0.15) is 0 Å². The van der Waals surface area contributed by atoms with Crippen molar-refractivity contribution < 1.29 is 19.1 Å². The minimum absolute atomic E-state index is 0.0665. The molecule has 1 unspecified atom stereocenters. The molecule has 4 nitrogen and oxygen atoms in total. The number of methoxy groups -OCH3 is 1. The smallest absolute Gasteiger partial charge is 0.313 e. The van der Waals surface area contributed by atoms with E-state index in [1.807, 2.05) is 31.2 Å². The summed E-state index contributed by atoms with van der Waals surface area (Å²) in [7, 11) is 1.32. The zero-order valence-corrected chi connectivity index (χ0v) is 10.7. The van der Waals surface area contributed by atoms with Gasteiger partial charge in [-0.25, -0.2) is 0 Å². The van der Waals surface area contributed by atoms with Gasteiger partial charge in [0.25, 0.3) is 0 Å². The second-order valence-corrected chi connectivity index (χ2v) is 4.73. The maximum Gasteiger partial charge on any atom is 0.313 e. The van der Waals surface area contributed by atoms with E-state index >= 15 is 0 Å². The second kappa shape index (κ2) is 4.44. The Kier molecular flexibility index (Phi) is 3.11. The first-order chi connectivity index (χ1) is 8.47. The Morgan fingerprint density at radius 1 is 1.39 bits per heavy atom. The third-order valence-electron chi connectivity index (χ3n) is 3.47. The fourth-order valence-corrected chi connectivity index (χ4v) is 2.31. The van der Waals surface area contributed by atoms with E-state index in [-0.39, 0.29) is 12.4 Å². The molecule has 1 aliphatic rings. The quantitative estimate of drug-likeness (QED) is 0.751. The summed E-state index contributed by atoms with van der Waals surface area (Å²) in [5.41, 5.74) is 0.994. The highest BCUT2D eigenvalue weighted by Crippen LogP contribution is 2.42. The number of aryl methyl sites for hydroxylation is 1. The maximum atomic E-state index is 11.8. The molecular weight excluding hydrogens is 232 g/mol. The lowest BCUT2D eigenvalue weighted by Gasteiger charge is -2.28. The number of esters is 2. The van der Waals surface area contributed by atoms with Gasteiger partial charge in [0.15, 0.2) is 0 Å². The van der Waals surface area contributed by atoms with Crippen LogP contribution in [-0.4, -0.2) is 19.0 Å². The lowest BCUT2D eigenvalue weighted by Crippen LogP contribution is -2.34. The number of hydrogen-bond acceptors (Lipinski definition) is 4. The van der Waals surface area contributed by atoms with Gasteiger partial charge < -0.3 is 9.47 Å². The number of cyclic esters (lactones) is 1. The molecule has 1 fully saturated rings. The second-order valence-electron chi connectivity index (χ2n) is 4.73. The Labute approximate surface area is 106 Å². The molecule has 0 aromatic heterocycles. The number of carbonyl (C=O) groups excluding carboxylic acids is 2. The number of rotatable bonds is 2. The molecule has 1 aromatic rings. The Morgan fingerprint density at radius 2 is 2.00 bits per heavy atom. The van der Waals surface area contributed by atoms with Crippen molar-refractivity contribution in [3.8, 4) is 0 Å². The fraction of sp³-hybridized carbons (Fsp3) is 0.429. The lowest BCUT2D eigenvalue weighted by molar-refractivity contribution is -0.155. The van der Waals surface area contributed by atoms with Crippen LogP contribution >= 0.6 is 0 Å². The van der Waals surface area contributed by atoms with Crippen LogP contribution in [0.4, 0.5) is 0 Å². The molecule has 18 heavy (non-hydrogen) atoms. The Hall–Kier alpha value is -1.84.